The number of primary amides is 1. The molecule has 0 aliphatic carbocycles. The third kappa shape index (κ3) is 25.9. The molecule has 15 heteroatoms. The van der Waals surface area contributed by atoms with Crippen LogP contribution in [0.3, 0.4) is 0 Å². The average Bonchev–Trinajstić information content (AvgIpc) is 2.49. The van der Waals surface area contributed by atoms with E-state index in [1.165, 1.54) is 0 Å². The average molecular weight is 548 g/mol. The number of phosphoric acid groups is 1. The third-order valence-corrected chi connectivity index (χ3v) is 4.84. The molecule has 3 amide bonds. The monoisotopic (exact) mass is 545 g/mol. The van der Waals surface area contributed by atoms with Crippen molar-refractivity contribution in [1.29, 1.82) is 0 Å². The molecule has 7 N–H and O–H groups in total. The summed E-state index contributed by atoms with van der Waals surface area (Å²) in [6.45, 7) is 3.72. The van der Waals surface area contributed by atoms with Gasteiger partial charge >= 0.3 is 31.5 Å². The second-order valence-corrected chi connectivity index (χ2v) is 8.13. The molecule has 1 unspecified atom stereocenters. The predicted molar refractivity (Wildman–Crippen MR) is 98.4 cm³/mol. The van der Waals surface area contributed by atoms with Gasteiger partial charge in [-0.1, -0.05) is 29.8 Å². The molecule has 0 aromatic carbocycles. The number of nitrogens with two attached hydrogens (primary N) is 2. The van der Waals surface area contributed by atoms with Gasteiger partial charge in [0, 0.05) is 0 Å². The number of thioether (sulfide) groups is 1. The van der Waals surface area contributed by atoms with Crippen LogP contribution in [-0.4, -0.2) is 50.3 Å². The minimum Gasteiger partial charge on any atom is -0.790 e. The van der Waals surface area contributed by atoms with Crippen molar-refractivity contribution in [1.82, 2.24) is 5.32 Å². The van der Waals surface area contributed by atoms with Gasteiger partial charge in [0.05, 0.1) is 7.82 Å². The number of urea groups is 1. The number of carboxylic acid groups (broad SMARTS) is 1. The minimum atomic E-state index is -5.14. The van der Waals surface area contributed by atoms with Gasteiger partial charge in [-0.05, 0) is 31.3 Å². The summed E-state index contributed by atoms with van der Waals surface area (Å²) in [6.07, 6.45) is 3.70. The van der Waals surface area contributed by atoms with Crippen LogP contribution < -0.4 is 26.6 Å². The molecule has 27 heavy (non-hydrogen) atoms. The molecule has 0 aliphatic heterocycles. The Morgan fingerprint density at radius 2 is 1.67 bits per heavy atom. The van der Waals surface area contributed by atoms with E-state index in [0.29, 0.717) is 19.3 Å². The standard InChI is InChI=1S/C7H13BrN2O2.C5H11NO2S.H3O4P.Zn/c1-3-7(8,4-2)5(11)10-6(9)12;1-9-3-2-4(6)5(7)8;1-5(2,3)4;/h3-4H2,1-2H3,(H3,9,10,11,12);4H,2-3,6H2,1H3,(H,7,8);(H3,1,2,3,4);/q;;;+2/p-2. The molecule has 0 saturated carbocycles. The summed E-state index contributed by atoms with van der Waals surface area (Å²) in [7, 11) is -5.14. The fraction of sp³-hybridized carbons (Fsp3) is 0.750. The van der Waals surface area contributed by atoms with Gasteiger partial charge in [0.1, 0.15) is 10.4 Å². The first-order valence-electron chi connectivity index (χ1n) is 7.16. The van der Waals surface area contributed by atoms with Crippen LogP contribution in [0.25, 0.3) is 0 Å². The van der Waals surface area contributed by atoms with E-state index in [4.69, 9.17) is 35.8 Å². The molecular formula is C12H25BrN3O8PSZn. The zero-order chi connectivity index (χ0) is 21.6. The Bertz CT molecular complexity index is 485. The van der Waals surface area contributed by atoms with E-state index in [-0.39, 0.29) is 25.4 Å². The molecule has 0 heterocycles. The van der Waals surface area contributed by atoms with Gasteiger partial charge < -0.3 is 35.8 Å². The number of halogens is 1. The second kappa shape index (κ2) is 18.0. The van der Waals surface area contributed by atoms with Gasteiger partial charge in [-0.25, -0.2) is 4.79 Å². The van der Waals surface area contributed by atoms with Crippen molar-refractivity contribution < 1.29 is 58.2 Å². The van der Waals surface area contributed by atoms with Crippen molar-refractivity contribution in [2.45, 2.75) is 43.5 Å². The summed E-state index contributed by atoms with van der Waals surface area (Å²) in [4.78, 5) is 56.0. The summed E-state index contributed by atoms with van der Waals surface area (Å²) in [5.74, 6) is -0.475. The summed E-state index contributed by atoms with van der Waals surface area (Å²) in [5.41, 5.74) is 10.00. The summed E-state index contributed by atoms with van der Waals surface area (Å²) >= 11 is 4.86. The first kappa shape index (κ1) is 34.4. The molecular weight excluding hydrogens is 522 g/mol. The van der Waals surface area contributed by atoms with Crippen molar-refractivity contribution in [2.75, 3.05) is 12.0 Å². The molecule has 0 saturated heterocycles. The van der Waals surface area contributed by atoms with Crippen molar-refractivity contribution in [3.05, 3.63) is 0 Å². The van der Waals surface area contributed by atoms with Gasteiger partial charge in [0.2, 0.25) is 5.91 Å². The van der Waals surface area contributed by atoms with Crippen LogP contribution in [0.5, 0.6) is 0 Å². The van der Waals surface area contributed by atoms with Gasteiger partial charge in [0.15, 0.2) is 0 Å². The van der Waals surface area contributed by atoms with Crippen LogP contribution >= 0.6 is 35.5 Å². The van der Waals surface area contributed by atoms with E-state index in [0.717, 1.165) is 5.75 Å². The molecule has 1 atom stereocenters. The van der Waals surface area contributed by atoms with Crippen molar-refractivity contribution in [3.8, 4) is 0 Å². The Morgan fingerprint density at radius 1 is 1.30 bits per heavy atom. The van der Waals surface area contributed by atoms with Gasteiger partial charge in [0.25, 0.3) is 0 Å². The fourth-order valence-electron chi connectivity index (χ4n) is 1.16. The molecule has 0 spiro atoms. The van der Waals surface area contributed by atoms with E-state index < -0.39 is 30.2 Å². The van der Waals surface area contributed by atoms with Crippen molar-refractivity contribution >= 4 is 53.4 Å². The van der Waals surface area contributed by atoms with Gasteiger partial charge in [-0.2, -0.15) is 11.8 Å². The fourth-order valence-corrected chi connectivity index (χ4v) is 1.75. The van der Waals surface area contributed by atoms with Gasteiger partial charge in [-0.15, -0.1) is 0 Å². The second-order valence-electron chi connectivity index (χ2n) is 4.69. The van der Waals surface area contributed by atoms with Crippen LogP contribution in [-0.2, 0) is 33.6 Å². The Labute approximate surface area is 183 Å². The van der Waals surface area contributed by atoms with E-state index in [2.05, 4.69) is 15.9 Å². The number of rotatable bonds is 7. The quantitative estimate of drug-likeness (QED) is 0.150. The summed E-state index contributed by atoms with van der Waals surface area (Å²) in [5, 5.41) is 10.3. The zero-order valence-electron chi connectivity index (χ0n) is 15.3. The Morgan fingerprint density at radius 3 is 1.89 bits per heavy atom. The van der Waals surface area contributed by atoms with Crippen molar-refractivity contribution in [3.63, 3.8) is 0 Å². The molecule has 0 radical (unpaired) electrons. The number of hydrogen-bond donors (Lipinski definition) is 5. The van der Waals surface area contributed by atoms with E-state index in [1.807, 2.05) is 25.4 Å². The number of amides is 3. The molecule has 0 aromatic rings. The molecule has 0 rings (SSSR count). The SMILES string of the molecule is CCC(Br)(CC)C(=O)NC(N)=O.CSCCC(N)C(=O)O.O=P([O-])([O-])O.[Zn+2]. The number of carbonyl (C=O) groups is 3. The Kier molecular flexibility index (Phi) is 23.0. The zero-order valence-corrected chi connectivity index (χ0v) is 21.6. The third-order valence-electron chi connectivity index (χ3n) is 2.71. The number of alkyl halides is 1. The van der Waals surface area contributed by atoms with Crippen molar-refractivity contribution in [2.24, 2.45) is 11.5 Å². The van der Waals surface area contributed by atoms with E-state index >= 15 is 0 Å². The largest absolute Gasteiger partial charge is 2.00 e. The molecule has 0 aliphatic rings. The number of aliphatic carboxylic acids is 1. The van der Waals surface area contributed by atoms with Crippen LogP contribution in [0.15, 0.2) is 0 Å². The van der Waals surface area contributed by atoms with Crippen LogP contribution in [0.1, 0.15) is 33.1 Å². The van der Waals surface area contributed by atoms with E-state index in [9.17, 15) is 14.4 Å². The Hall–Kier alpha value is -0.0666. The molecule has 11 nitrogen and oxygen atoms in total. The van der Waals surface area contributed by atoms with E-state index in [1.54, 1.807) is 11.8 Å². The van der Waals surface area contributed by atoms with Gasteiger partial charge in [-0.3, -0.25) is 14.9 Å². The molecule has 156 valence electrons. The maximum Gasteiger partial charge on any atom is 2.00 e. The summed E-state index contributed by atoms with van der Waals surface area (Å²) < 4.78 is 8.00. The molecule has 0 aromatic heterocycles. The minimum absolute atomic E-state index is 0. The number of nitrogens with one attached hydrogen (secondary N) is 1. The number of carbonyl (C=O) groups excluding carboxylic acids is 2. The first-order valence-corrected chi connectivity index (χ1v) is 10.8. The Balaban J connectivity index is -0.000000156. The maximum absolute atomic E-state index is 11.3. The normalized spacial score (nSPS) is 11.4. The number of carboxylic acids is 1. The number of hydrogen-bond acceptors (Lipinski definition) is 8. The maximum atomic E-state index is 11.3. The summed E-state index contributed by atoms with van der Waals surface area (Å²) in [6, 6.07) is -1.50. The first-order chi connectivity index (χ1) is 11.6. The molecule has 0 bridgehead atoms. The van der Waals surface area contributed by atoms with Crippen LogP contribution in [0.2, 0.25) is 0 Å². The topological polar surface area (TPSA) is 219 Å². The smallest absolute Gasteiger partial charge is 0.790 e. The predicted octanol–water partition coefficient (Wildman–Crippen LogP) is -0.909. The number of imide groups is 1. The van der Waals surface area contributed by atoms with Crippen LogP contribution in [0, 0.1) is 0 Å². The van der Waals surface area contributed by atoms with Crippen LogP contribution in [0.4, 0.5) is 4.79 Å². The molecule has 0 fully saturated rings.